The number of hydrogen-bond donors (Lipinski definition) is 0. The SMILES string of the molecule is CCCCCCN1CC(c2ccc3c(c2)COC(C)(C)O3)OC1=O. The first-order valence-corrected chi connectivity index (χ1v) is 8.90. The fourth-order valence-corrected chi connectivity index (χ4v) is 3.15. The Kier molecular flexibility index (Phi) is 4.99. The zero-order chi connectivity index (χ0) is 17.2. The molecule has 1 atom stereocenters. The maximum atomic E-state index is 12.0. The van der Waals surface area contributed by atoms with E-state index in [1.54, 1.807) is 0 Å². The van der Waals surface area contributed by atoms with Crippen LogP contribution in [0.4, 0.5) is 4.79 Å². The Morgan fingerprint density at radius 1 is 1.25 bits per heavy atom. The van der Waals surface area contributed by atoms with E-state index < -0.39 is 5.79 Å². The van der Waals surface area contributed by atoms with Crippen molar-refractivity contribution in [3.05, 3.63) is 29.3 Å². The topological polar surface area (TPSA) is 48.0 Å². The third-order valence-electron chi connectivity index (χ3n) is 4.56. The zero-order valence-corrected chi connectivity index (χ0v) is 14.8. The molecule has 5 nitrogen and oxygen atoms in total. The molecule has 1 fully saturated rings. The molecule has 1 amide bonds. The summed E-state index contributed by atoms with van der Waals surface area (Å²) < 4.78 is 17.1. The van der Waals surface area contributed by atoms with Crippen LogP contribution in [0, 0.1) is 0 Å². The zero-order valence-electron chi connectivity index (χ0n) is 14.8. The van der Waals surface area contributed by atoms with Crippen molar-refractivity contribution in [1.82, 2.24) is 4.90 Å². The lowest BCUT2D eigenvalue weighted by atomic mass is 10.0. The second-order valence-electron chi connectivity index (χ2n) is 7.04. The normalized spacial score (nSPS) is 22.0. The molecule has 0 N–H and O–H groups in total. The maximum Gasteiger partial charge on any atom is 0.410 e. The maximum absolute atomic E-state index is 12.0. The van der Waals surface area contributed by atoms with E-state index in [9.17, 15) is 4.79 Å². The van der Waals surface area contributed by atoms with Crippen molar-refractivity contribution in [1.29, 1.82) is 0 Å². The predicted molar refractivity (Wildman–Crippen MR) is 90.9 cm³/mol. The Hall–Kier alpha value is -1.75. The van der Waals surface area contributed by atoms with Crippen LogP contribution >= 0.6 is 0 Å². The van der Waals surface area contributed by atoms with Crippen molar-refractivity contribution >= 4 is 6.09 Å². The van der Waals surface area contributed by atoms with Gasteiger partial charge in [-0.25, -0.2) is 4.79 Å². The number of unbranched alkanes of at least 4 members (excludes halogenated alkanes) is 3. The van der Waals surface area contributed by atoms with Gasteiger partial charge in [0.1, 0.15) is 11.9 Å². The number of amides is 1. The molecule has 1 aromatic carbocycles. The van der Waals surface area contributed by atoms with Gasteiger partial charge in [-0.15, -0.1) is 0 Å². The van der Waals surface area contributed by atoms with Crippen LogP contribution in [0.15, 0.2) is 18.2 Å². The quantitative estimate of drug-likeness (QED) is 0.724. The second kappa shape index (κ2) is 7.01. The first-order chi connectivity index (χ1) is 11.5. The second-order valence-corrected chi connectivity index (χ2v) is 7.04. The summed E-state index contributed by atoms with van der Waals surface area (Å²) >= 11 is 0. The standard InChI is InChI=1S/C19H27NO4/c1-4-5-6-7-10-20-12-17(23-18(20)21)14-8-9-16-15(11-14)13-22-19(2,3)24-16/h8-9,11,17H,4-7,10,12-13H2,1-3H3. The van der Waals surface area contributed by atoms with Crippen molar-refractivity contribution in [3.8, 4) is 5.75 Å². The first kappa shape index (κ1) is 17.1. The summed E-state index contributed by atoms with van der Waals surface area (Å²) in [5.41, 5.74) is 2.01. The van der Waals surface area contributed by atoms with Crippen LogP contribution in [0.5, 0.6) is 5.75 Å². The third-order valence-corrected chi connectivity index (χ3v) is 4.56. The van der Waals surface area contributed by atoms with E-state index in [-0.39, 0.29) is 12.2 Å². The minimum Gasteiger partial charge on any atom is -0.463 e. The van der Waals surface area contributed by atoms with Gasteiger partial charge >= 0.3 is 6.09 Å². The van der Waals surface area contributed by atoms with E-state index in [0.717, 1.165) is 36.3 Å². The summed E-state index contributed by atoms with van der Waals surface area (Å²) in [6, 6.07) is 5.97. The number of cyclic esters (lactones) is 1. The lowest BCUT2D eigenvalue weighted by Crippen LogP contribution is -2.35. The molecule has 0 bridgehead atoms. The summed E-state index contributed by atoms with van der Waals surface area (Å²) in [7, 11) is 0. The highest BCUT2D eigenvalue weighted by Gasteiger charge is 2.33. The van der Waals surface area contributed by atoms with Crippen LogP contribution in [0.2, 0.25) is 0 Å². The highest BCUT2D eigenvalue weighted by Crippen LogP contribution is 2.35. The van der Waals surface area contributed by atoms with E-state index in [4.69, 9.17) is 14.2 Å². The van der Waals surface area contributed by atoms with E-state index in [1.165, 1.54) is 12.8 Å². The largest absolute Gasteiger partial charge is 0.463 e. The molecule has 132 valence electrons. The van der Waals surface area contributed by atoms with Gasteiger partial charge in [-0.2, -0.15) is 0 Å². The Bertz CT molecular complexity index is 599. The van der Waals surface area contributed by atoms with Gasteiger partial charge in [0.25, 0.3) is 0 Å². The van der Waals surface area contributed by atoms with Gasteiger partial charge in [0.05, 0.1) is 13.2 Å². The molecule has 0 radical (unpaired) electrons. The number of nitrogens with zero attached hydrogens (tertiary/aromatic N) is 1. The molecular formula is C19H27NO4. The van der Waals surface area contributed by atoms with Gasteiger partial charge in [-0.1, -0.05) is 32.3 Å². The number of hydrogen-bond acceptors (Lipinski definition) is 4. The average Bonchev–Trinajstić information content (AvgIpc) is 2.91. The summed E-state index contributed by atoms with van der Waals surface area (Å²) in [4.78, 5) is 13.9. The number of rotatable bonds is 6. The molecule has 0 aliphatic carbocycles. The first-order valence-electron chi connectivity index (χ1n) is 8.90. The van der Waals surface area contributed by atoms with Crippen molar-refractivity contribution in [2.24, 2.45) is 0 Å². The lowest BCUT2D eigenvalue weighted by Gasteiger charge is -2.32. The monoisotopic (exact) mass is 333 g/mol. The Labute approximate surface area is 143 Å². The Morgan fingerprint density at radius 2 is 2.08 bits per heavy atom. The fourth-order valence-electron chi connectivity index (χ4n) is 3.15. The molecule has 0 saturated carbocycles. The molecule has 0 aromatic heterocycles. The van der Waals surface area contributed by atoms with Gasteiger partial charge < -0.3 is 19.1 Å². The fraction of sp³-hybridized carbons (Fsp3) is 0.632. The van der Waals surface area contributed by atoms with E-state index in [0.29, 0.717) is 13.2 Å². The number of fused-ring (bicyclic) bond motifs is 1. The molecule has 24 heavy (non-hydrogen) atoms. The molecular weight excluding hydrogens is 306 g/mol. The number of ether oxygens (including phenoxy) is 3. The van der Waals surface area contributed by atoms with Crippen molar-refractivity contribution in [3.63, 3.8) is 0 Å². The Morgan fingerprint density at radius 3 is 2.88 bits per heavy atom. The van der Waals surface area contributed by atoms with Crippen molar-refractivity contribution in [2.75, 3.05) is 13.1 Å². The Balaban J connectivity index is 1.62. The van der Waals surface area contributed by atoms with Crippen molar-refractivity contribution < 1.29 is 19.0 Å². The average molecular weight is 333 g/mol. The molecule has 2 aliphatic rings. The highest BCUT2D eigenvalue weighted by molar-refractivity contribution is 5.70. The highest BCUT2D eigenvalue weighted by atomic mass is 16.7. The van der Waals surface area contributed by atoms with Gasteiger partial charge in [0, 0.05) is 26.0 Å². The minimum atomic E-state index is -0.594. The van der Waals surface area contributed by atoms with Crippen LogP contribution < -0.4 is 4.74 Å². The summed E-state index contributed by atoms with van der Waals surface area (Å²) in [6.45, 7) is 7.90. The molecule has 2 heterocycles. The van der Waals surface area contributed by atoms with Gasteiger partial charge in [0.2, 0.25) is 5.79 Å². The van der Waals surface area contributed by atoms with E-state index >= 15 is 0 Å². The molecule has 0 spiro atoms. The lowest BCUT2D eigenvalue weighted by molar-refractivity contribution is -0.180. The molecule has 1 aromatic rings. The molecule has 3 rings (SSSR count). The van der Waals surface area contributed by atoms with Crippen molar-refractivity contribution in [2.45, 2.75) is 65.0 Å². The number of carbonyl (C=O) groups is 1. The molecule has 2 aliphatic heterocycles. The van der Waals surface area contributed by atoms with Crippen LogP contribution in [-0.2, 0) is 16.1 Å². The van der Waals surface area contributed by atoms with E-state index in [1.807, 2.05) is 36.9 Å². The van der Waals surface area contributed by atoms with Gasteiger partial charge in [0.15, 0.2) is 0 Å². The van der Waals surface area contributed by atoms with Crippen LogP contribution in [-0.4, -0.2) is 29.9 Å². The predicted octanol–water partition coefficient (Wildman–Crippen LogP) is 4.41. The van der Waals surface area contributed by atoms with Crippen LogP contribution in [0.25, 0.3) is 0 Å². The summed E-state index contributed by atoms with van der Waals surface area (Å²) in [5.74, 6) is 0.250. The summed E-state index contributed by atoms with van der Waals surface area (Å²) in [6.07, 6.45) is 4.20. The molecule has 1 unspecified atom stereocenters. The smallest absolute Gasteiger partial charge is 0.410 e. The number of carbonyl (C=O) groups excluding carboxylic acids is 1. The minimum absolute atomic E-state index is 0.205. The molecule has 5 heteroatoms. The third kappa shape index (κ3) is 3.83. The molecule has 1 saturated heterocycles. The van der Waals surface area contributed by atoms with Gasteiger partial charge in [-0.3, -0.25) is 0 Å². The van der Waals surface area contributed by atoms with Gasteiger partial charge in [-0.05, 0) is 24.1 Å². The van der Waals surface area contributed by atoms with Crippen LogP contribution in [0.1, 0.15) is 63.7 Å². The number of benzene rings is 1. The summed E-state index contributed by atoms with van der Waals surface area (Å²) in [5, 5.41) is 0. The van der Waals surface area contributed by atoms with E-state index in [2.05, 4.69) is 6.92 Å². The van der Waals surface area contributed by atoms with Crippen LogP contribution in [0.3, 0.4) is 0 Å².